The molecule has 0 saturated heterocycles. The van der Waals surface area contributed by atoms with Gasteiger partial charge >= 0.3 is 0 Å². The Morgan fingerprint density at radius 3 is 2.73 bits per heavy atom. The molecule has 1 amide bonds. The zero-order valence-corrected chi connectivity index (χ0v) is 11.8. The van der Waals surface area contributed by atoms with Gasteiger partial charge in [0, 0.05) is 17.7 Å². The number of rotatable bonds is 1. The number of para-hydroxylation sites is 1. The molecule has 0 saturated carbocycles. The van der Waals surface area contributed by atoms with Crippen molar-refractivity contribution in [3.63, 3.8) is 0 Å². The first kappa shape index (κ1) is 13.2. The topological polar surface area (TPSA) is 58.7 Å². The highest BCUT2D eigenvalue weighted by Crippen LogP contribution is 2.36. The number of amides is 1. The second kappa shape index (κ2) is 4.74. The lowest BCUT2D eigenvalue weighted by Crippen LogP contribution is -2.41. The second-order valence-corrected chi connectivity index (χ2v) is 5.46. The molecule has 0 fully saturated rings. The maximum absolute atomic E-state index is 14.2. The predicted octanol–water partition coefficient (Wildman–Crippen LogP) is 1.85. The number of nitrogens with zero attached hydrogens (tertiary/aromatic N) is 2. The third-order valence-corrected chi connectivity index (χ3v) is 4.17. The third kappa shape index (κ3) is 1.79. The Morgan fingerprint density at radius 1 is 1.14 bits per heavy atom. The van der Waals surface area contributed by atoms with Gasteiger partial charge in [-0.25, -0.2) is 4.39 Å². The van der Waals surface area contributed by atoms with E-state index < -0.39 is 6.17 Å². The molecule has 22 heavy (non-hydrogen) atoms. The van der Waals surface area contributed by atoms with Crippen molar-refractivity contribution < 1.29 is 9.18 Å². The molecule has 2 aromatic rings. The SMILES string of the molecule is N[C@H]1N=C(c2ccccc2F)c2cccc3c2N(CC3)C1=O. The van der Waals surface area contributed by atoms with Crippen molar-refractivity contribution in [2.24, 2.45) is 10.7 Å². The number of hydrogen-bond acceptors (Lipinski definition) is 3. The van der Waals surface area contributed by atoms with Crippen LogP contribution in [0.3, 0.4) is 0 Å². The molecule has 0 bridgehead atoms. The molecule has 0 aromatic heterocycles. The molecule has 0 aliphatic carbocycles. The average molecular weight is 295 g/mol. The van der Waals surface area contributed by atoms with E-state index in [0.717, 1.165) is 23.2 Å². The minimum Gasteiger partial charge on any atom is -0.308 e. The fraction of sp³-hybridized carbons (Fsp3) is 0.176. The number of aliphatic imine (C=N–C) groups is 1. The van der Waals surface area contributed by atoms with Gasteiger partial charge in [-0.2, -0.15) is 0 Å². The molecule has 1 atom stereocenters. The summed E-state index contributed by atoms with van der Waals surface area (Å²) in [5, 5.41) is 0. The number of benzene rings is 2. The van der Waals surface area contributed by atoms with Crippen LogP contribution in [-0.4, -0.2) is 24.3 Å². The summed E-state index contributed by atoms with van der Waals surface area (Å²) in [7, 11) is 0. The molecular formula is C17H14FN3O. The lowest BCUT2D eigenvalue weighted by Gasteiger charge is -2.18. The number of carbonyl (C=O) groups excluding carboxylic acids is 1. The van der Waals surface area contributed by atoms with Gasteiger partial charge in [-0.15, -0.1) is 0 Å². The van der Waals surface area contributed by atoms with Crippen LogP contribution in [0.1, 0.15) is 16.7 Å². The molecule has 0 radical (unpaired) electrons. The Hall–Kier alpha value is -2.53. The standard InChI is InChI=1S/C17H14FN3O/c18-13-7-2-1-5-11(13)14-12-6-3-4-10-8-9-21(15(10)12)17(22)16(19)20-14/h1-7,16H,8-9,19H2/t16-/m0/s1. The molecule has 4 rings (SSSR count). The van der Waals surface area contributed by atoms with Crippen LogP contribution in [0.25, 0.3) is 0 Å². The van der Waals surface area contributed by atoms with E-state index in [1.165, 1.54) is 6.07 Å². The lowest BCUT2D eigenvalue weighted by molar-refractivity contribution is -0.119. The fourth-order valence-electron chi connectivity index (χ4n) is 3.16. The molecule has 2 heterocycles. The van der Waals surface area contributed by atoms with E-state index >= 15 is 0 Å². The van der Waals surface area contributed by atoms with Gasteiger partial charge in [-0.05, 0) is 24.1 Å². The van der Waals surface area contributed by atoms with Crippen molar-refractivity contribution in [1.82, 2.24) is 0 Å². The maximum Gasteiger partial charge on any atom is 0.266 e. The summed E-state index contributed by atoms with van der Waals surface area (Å²) in [4.78, 5) is 18.4. The molecule has 5 heteroatoms. The Morgan fingerprint density at radius 2 is 1.91 bits per heavy atom. The summed E-state index contributed by atoms with van der Waals surface area (Å²) in [5.74, 6) is -0.609. The average Bonchev–Trinajstić information content (AvgIpc) is 2.92. The highest BCUT2D eigenvalue weighted by molar-refractivity contribution is 6.20. The van der Waals surface area contributed by atoms with Crippen LogP contribution in [0, 0.1) is 5.82 Å². The monoisotopic (exact) mass is 295 g/mol. The van der Waals surface area contributed by atoms with E-state index in [9.17, 15) is 9.18 Å². The van der Waals surface area contributed by atoms with Gasteiger partial charge in [0.2, 0.25) is 0 Å². The second-order valence-electron chi connectivity index (χ2n) is 5.46. The minimum absolute atomic E-state index is 0.238. The molecular weight excluding hydrogens is 281 g/mol. The van der Waals surface area contributed by atoms with Crippen LogP contribution in [0.2, 0.25) is 0 Å². The van der Waals surface area contributed by atoms with Gasteiger partial charge in [-0.1, -0.05) is 30.3 Å². The number of hydrogen-bond donors (Lipinski definition) is 1. The van der Waals surface area contributed by atoms with Gasteiger partial charge in [0.1, 0.15) is 5.82 Å². The number of carbonyl (C=O) groups is 1. The Labute approximate surface area is 127 Å². The zero-order chi connectivity index (χ0) is 15.3. The van der Waals surface area contributed by atoms with Gasteiger partial charge in [0.25, 0.3) is 5.91 Å². The van der Waals surface area contributed by atoms with Crippen molar-refractivity contribution in [1.29, 1.82) is 0 Å². The lowest BCUT2D eigenvalue weighted by atomic mass is 9.98. The van der Waals surface area contributed by atoms with Crippen molar-refractivity contribution in [2.45, 2.75) is 12.6 Å². The Balaban J connectivity index is 2.01. The third-order valence-electron chi connectivity index (χ3n) is 4.17. The summed E-state index contributed by atoms with van der Waals surface area (Å²) in [6.45, 7) is 0.596. The van der Waals surface area contributed by atoms with E-state index in [-0.39, 0.29) is 11.7 Å². The van der Waals surface area contributed by atoms with E-state index in [2.05, 4.69) is 4.99 Å². The van der Waals surface area contributed by atoms with Crippen LogP contribution in [0.5, 0.6) is 0 Å². The molecule has 4 nitrogen and oxygen atoms in total. The van der Waals surface area contributed by atoms with Gasteiger partial charge in [0.05, 0.1) is 11.4 Å². The van der Waals surface area contributed by atoms with Gasteiger partial charge in [0.15, 0.2) is 6.17 Å². The summed E-state index contributed by atoms with van der Waals surface area (Å²) >= 11 is 0. The van der Waals surface area contributed by atoms with Crippen LogP contribution >= 0.6 is 0 Å². The first-order valence-electron chi connectivity index (χ1n) is 7.19. The molecule has 2 N–H and O–H groups in total. The number of nitrogens with two attached hydrogens (primary N) is 1. The summed E-state index contributed by atoms with van der Waals surface area (Å²) < 4.78 is 14.2. The Bertz CT molecular complexity index is 815. The smallest absolute Gasteiger partial charge is 0.266 e. The van der Waals surface area contributed by atoms with Gasteiger partial charge < -0.3 is 10.6 Å². The minimum atomic E-state index is -1.01. The molecule has 2 aliphatic rings. The van der Waals surface area contributed by atoms with Crippen molar-refractivity contribution in [3.8, 4) is 0 Å². The molecule has 0 unspecified atom stereocenters. The largest absolute Gasteiger partial charge is 0.308 e. The normalized spacial score (nSPS) is 19.7. The fourth-order valence-corrected chi connectivity index (χ4v) is 3.16. The van der Waals surface area contributed by atoms with E-state index in [1.807, 2.05) is 18.2 Å². The first-order valence-corrected chi connectivity index (χ1v) is 7.19. The van der Waals surface area contributed by atoms with Crippen LogP contribution in [0.15, 0.2) is 47.5 Å². The van der Waals surface area contributed by atoms with Crippen LogP contribution < -0.4 is 10.6 Å². The summed E-state index contributed by atoms with van der Waals surface area (Å²) in [5.41, 5.74) is 9.40. The van der Waals surface area contributed by atoms with E-state index in [4.69, 9.17) is 5.73 Å². The van der Waals surface area contributed by atoms with Crippen LogP contribution in [0.4, 0.5) is 10.1 Å². The van der Waals surface area contributed by atoms with E-state index in [1.54, 1.807) is 23.1 Å². The summed E-state index contributed by atoms with van der Waals surface area (Å²) in [6.07, 6.45) is -0.223. The first-order chi connectivity index (χ1) is 10.7. The van der Waals surface area contributed by atoms with Gasteiger partial charge in [-0.3, -0.25) is 9.79 Å². The number of anilines is 1. The zero-order valence-electron chi connectivity index (χ0n) is 11.8. The van der Waals surface area contributed by atoms with E-state index in [0.29, 0.717) is 17.8 Å². The quantitative estimate of drug-likeness (QED) is 0.873. The molecule has 110 valence electrons. The highest BCUT2D eigenvalue weighted by Gasteiger charge is 2.35. The maximum atomic E-state index is 14.2. The van der Waals surface area contributed by atoms with Crippen LogP contribution in [-0.2, 0) is 11.2 Å². The molecule has 2 aromatic carbocycles. The van der Waals surface area contributed by atoms with Crippen molar-refractivity contribution >= 4 is 17.3 Å². The van der Waals surface area contributed by atoms with Crippen molar-refractivity contribution in [2.75, 3.05) is 11.4 Å². The predicted molar refractivity (Wildman–Crippen MR) is 82.5 cm³/mol. The number of halogens is 1. The summed E-state index contributed by atoms with van der Waals surface area (Å²) in [6, 6.07) is 12.2. The Kier molecular flexibility index (Phi) is 2.84. The molecule has 2 aliphatic heterocycles. The molecule has 0 spiro atoms. The highest BCUT2D eigenvalue weighted by atomic mass is 19.1. The van der Waals surface area contributed by atoms with Crippen molar-refractivity contribution in [3.05, 3.63) is 65.0 Å².